The van der Waals surface area contributed by atoms with Crippen LogP contribution in [0.25, 0.3) is 0 Å². The van der Waals surface area contributed by atoms with Crippen molar-refractivity contribution in [3.05, 3.63) is 29.8 Å². The van der Waals surface area contributed by atoms with Crippen molar-refractivity contribution in [1.82, 2.24) is 4.90 Å². The monoisotopic (exact) mass is 302 g/mol. The summed E-state index contributed by atoms with van der Waals surface area (Å²) >= 11 is 0. The summed E-state index contributed by atoms with van der Waals surface area (Å²) in [5.74, 6) is -0.220. The molecule has 2 rings (SSSR count). The largest absolute Gasteiger partial charge is 0.484 e. The lowest BCUT2D eigenvalue weighted by molar-refractivity contribution is -0.137. The summed E-state index contributed by atoms with van der Waals surface area (Å²) in [5, 5.41) is 0. The van der Waals surface area contributed by atoms with Crippen LogP contribution in [0.5, 0.6) is 5.75 Å². The van der Waals surface area contributed by atoms with Crippen molar-refractivity contribution in [2.24, 2.45) is 5.73 Å². The van der Waals surface area contributed by atoms with Crippen molar-refractivity contribution >= 4 is 5.91 Å². The number of carbonyl (C=O) groups excluding carboxylic acids is 1. The van der Waals surface area contributed by atoms with Crippen molar-refractivity contribution in [3.63, 3.8) is 0 Å². The van der Waals surface area contributed by atoms with Gasteiger partial charge in [0, 0.05) is 19.1 Å². The molecule has 0 aromatic heterocycles. The van der Waals surface area contributed by atoms with Crippen LogP contribution in [0.4, 0.5) is 13.2 Å². The molecule has 7 heteroatoms. The number of alkyl halides is 3. The molecule has 1 atom stereocenters. The van der Waals surface area contributed by atoms with Gasteiger partial charge in [0.1, 0.15) is 5.75 Å². The second-order valence-electron chi connectivity index (χ2n) is 4.93. The Morgan fingerprint density at radius 3 is 2.86 bits per heavy atom. The van der Waals surface area contributed by atoms with E-state index >= 15 is 0 Å². The van der Waals surface area contributed by atoms with Crippen molar-refractivity contribution in [1.29, 1.82) is 0 Å². The highest BCUT2D eigenvalue weighted by Gasteiger charge is 2.31. The standard InChI is InChI=1S/C14H17F3N2O2/c15-14(16,17)10-3-1-5-12(7-10)21-9-13(20)19-6-2-4-11(19)8-18/h1,3,5,7,11H,2,4,6,8-9,18H2. The molecule has 0 radical (unpaired) electrons. The van der Waals surface area contributed by atoms with E-state index in [1.807, 2.05) is 0 Å². The van der Waals surface area contributed by atoms with Crippen LogP contribution in [-0.2, 0) is 11.0 Å². The number of likely N-dealkylation sites (tertiary alicyclic amines) is 1. The van der Waals surface area contributed by atoms with Gasteiger partial charge in [0.2, 0.25) is 0 Å². The highest BCUT2D eigenvalue weighted by molar-refractivity contribution is 5.78. The van der Waals surface area contributed by atoms with Crippen LogP contribution >= 0.6 is 0 Å². The van der Waals surface area contributed by atoms with Gasteiger partial charge in [-0.15, -0.1) is 0 Å². The first-order valence-corrected chi connectivity index (χ1v) is 6.71. The highest BCUT2D eigenvalue weighted by Crippen LogP contribution is 2.31. The Bertz CT molecular complexity index is 505. The molecule has 1 fully saturated rings. The number of rotatable bonds is 4. The van der Waals surface area contributed by atoms with Crippen molar-refractivity contribution < 1.29 is 22.7 Å². The summed E-state index contributed by atoms with van der Waals surface area (Å²) in [7, 11) is 0. The summed E-state index contributed by atoms with van der Waals surface area (Å²) in [6, 6.07) is 4.49. The Hall–Kier alpha value is -1.76. The predicted octanol–water partition coefficient (Wildman–Crippen LogP) is 2.03. The molecule has 1 saturated heterocycles. The number of hydrogen-bond acceptors (Lipinski definition) is 3. The number of halogens is 3. The van der Waals surface area contributed by atoms with Gasteiger partial charge in [0.25, 0.3) is 5.91 Å². The number of hydrogen-bond donors (Lipinski definition) is 1. The summed E-state index contributed by atoms with van der Waals surface area (Å²) in [5.41, 5.74) is 4.78. The fraction of sp³-hybridized carbons (Fsp3) is 0.500. The fourth-order valence-corrected chi connectivity index (χ4v) is 2.40. The molecule has 0 aliphatic carbocycles. The van der Waals surface area contributed by atoms with Gasteiger partial charge in [-0.3, -0.25) is 4.79 Å². The molecule has 1 aliphatic heterocycles. The molecular formula is C14H17F3N2O2. The third kappa shape index (κ3) is 3.87. The van der Waals surface area contributed by atoms with Gasteiger partial charge in [0.05, 0.1) is 5.56 Å². The highest BCUT2D eigenvalue weighted by atomic mass is 19.4. The van der Waals surface area contributed by atoms with E-state index in [4.69, 9.17) is 10.5 Å². The average molecular weight is 302 g/mol. The molecule has 21 heavy (non-hydrogen) atoms. The molecule has 0 saturated carbocycles. The molecule has 1 aromatic carbocycles. The average Bonchev–Trinajstić information content (AvgIpc) is 2.92. The van der Waals surface area contributed by atoms with Crippen LogP contribution < -0.4 is 10.5 Å². The first-order valence-electron chi connectivity index (χ1n) is 6.71. The fourth-order valence-electron chi connectivity index (χ4n) is 2.40. The first-order chi connectivity index (χ1) is 9.91. The smallest absolute Gasteiger partial charge is 0.416 e. The molecule has 1 aromatic rings. The van der Waals surface area contributed by atoms with Crippen molar-refractivity contribution in [2.75, 3.05) is 19.7 Å². The van der Waals surface area contributed by atoms with E-state index in [1.165, 1.54) is 12.1 Å². The van der Waals surface area contributed by atoms with Crippen LogP contribution in [-0.4, -0.2) is 36.5 Å². The zero-order valence-corrected chi connectivity index (χ0v) is 11.4. The summed E-state index contributed by atoms with van der Waals surface area (Å²) in [6.45, 7) is 0.722. The second-order valence-corrected chi connectivity index (χ2v) is 4.93. The Morgan fingerprint density at radius 1 is 1.43 bits per heavy atom. The molecule has 0 bridgehead atoms. The van der Waals surface area contributed by atoms with Gasteiger partial charge in [-0.1, -0.05) is 6.07 Å². The van der Waals surface area contributed by atoms with E-state index in [2.05, 4.69) is 0 Å². The molecule has 1 heterocycles. The molecule has 0 spiro atoms. The normalized spacial score (nSPS) is 18.9. The van der Waals surface area contributed by atoms with Crippen LogP contribution in [0.3, 0.4) is 0 Å². The quantitative estimate of drug-likeness (QED) is 0.926. The number of carbonyl (C=O) groups is 1. The molecule has 116 valence electrons. The van der Waals surface area contributed by atoms with Gasteiger partial charge in [0.15, 0.2) is 6.61 Å². The van der Waals surface area contributed by atoms with Crippen LogP contribution in [0.15, 0.2) is 24.3 Å². The van der Waals surface area contributed by atoms with Gasteiger partial charge in [-0.2, -0.15) is 13.2 Å². The van der Waals surface area contributed by atoms with E-state index in [1.54, 1.807) is 4.90 Å². The summed E-state index contributed by atoms with van der Waals surface area (Å²) in [4.78, 5) is 13.6. The van der Waals surface area contributed by atoms with Gasteiger partial charge >= 0.3 is 6.18 Å². The van der Waals surface area contributed by atoms with Crippen LogP contribution in [0.2, 0.25) is 0 Å². The zero-order valence-electron chi connectivity index (χ0n) is 11.4. The number of amides is 1. The predicted molar refractivity (Wildman–Crippen MR) is 70.7 cm³/mol. The maximum Gasteiger partial charge on any atom is 0.416 e. The van der Waals surface area contributed by atoms with E-state index in [0.717, 1.165) is 25.0 Å². The molecule has 1 amide bonds. The summed E-state index contributed by atoms with van der Waals surface area (Å²) in [6.07, 6.45) is -2.69. The van der Waals surface area contributed by atoms with Gasteiger partial charge < -0.3 is 15.4 Å². The lowest BCUT2D eigenvalue weighted by atomic mass is 10.2. The topological polar surface area (TPSA) is 55.6 Å². The Morgan fingerprint density at radius 2 is 2.19 bits per heavy atom. The van der Waals surface area contributed by atoms with Crippen molar-refractivity contribution in [2.45, 2.75) is 25.1 Å². The maximum atomic E-state index is 12.6. The van der Waals surface area contributed by atoms with E-state index < -0.39 is 11.7 Å². The molecule has 4 nitrogen and oxygen atoms in total. The molecular weight excluding hydrogens is 285 g/mol. The van der Waals surface area contributed by atoms with Gasteiger partial charge in [-0.05, 0) is 31.0 Å². The van der Waals surface area contributed by atoms with Crippen LogP contribution in [0, 0.1) is 0 Å². The first kappa shape index (κ1) is 15.6. The molecule has 1 aliphatic rings. The van der Waals surface area contributed by atoms with Crippen LogP contribution in [0.1, 0.15) is 18.4 Å². The molecule has 1 unspecified atom stereocenters. The lowest BCUT2D eigenvalue weighted by Crippen LogP contribution is -2.42. The number of benzene rings is 1. The van der Waals surface area contributed by atoms with E-state index in [9.17, 15) is 18.0 Å². The molecule has 2 N–H and O–H groups in total. The van der Waals surface area contributed by atoms with E-state index in [0.29, 0.717) is 13.1 Å². The number of nitrogens with two attached hydrogens (primary N) is 1. The third-order valence-electron chi connectivity index (χ3n) is 3.49. The Kier molecular flexibility index (Phi) is 4.72. The number of nitrogens with zero attached hydrogens (tertiary/aromatic N) is 1. The SMILES string of the molecule is NCC1CCCN1C(=O)COc1cccc(C(F)(F)F)c1. The minimum Gasteiger partial charge on any atom is -0.484 e. The minimum atomic E-state index is -4.43. The summed E-state index contributed by atoms with van der Waals surface area (Å²) < 4.78 is 42.9. The number of ether oxygens (including phenoxy) is 1. The minimum absolute atomic E-state index is 0.00242. The van der Waals surface area contributed by atoms with E-state index in [-0.39, 0.29) is 24.3 Å². The third-order valence-corrected chi connectivity index (χ3v) is 3.49. The zero-order chi connectivity index (χ0) is 15.5. The lowest BCUT2D eigenvalue weighted by Gasteiger charge is -2.23. The maximum absolute atomic E-state index is 12.6. The van der Waals surface area contributed by atoms with Gasteiger partial charge in [-0.25, -0.2) is 0 Å². The van der Waals surface area contributed by atoms with Crippen molar-refractivity contribution in [3.8, 4) is 5.75 Å². The second kappa shape index (κ2) is 6.34. The Balaban J connectivity index is 1.95. The Labute approximate surface area is 120 Å².